The summed E-state index contributed by atoms with van der Waals surface area (Å²) in [6, 6.07) is 17.4. The number of halogens is 3. The van der Waals surface area contributed by atoms with Gasteiger partial charge in [-0.1, -0.05) is 6.07 Å². The van der Waals surface area contributed by atoms with Gasteiger partial charge in [-0.2, -0.15) is 13.2 Å². The van der Waals surface area contributed by atoms with Crippen LogP contribution >= 0.6 is 0 Å². The Labute approximate surface area is 216 Å². The van der Waals surface area contributed by atoms with Crippen molar-refractivity contribution in [2.45, 2.75) is 13.1 Å². The molecule has 2 aromatic carbocycles. The third-order valence-corrected chi connectivity index (χ3v) is 5.80. The Bertz CT molecular complexity index is 1580. The van der Waals surface area contributed by atoms with E-state index in [1.165, 1.54) is 29.1 Å². The van der Waals surface area contributed by atoms with Gasteiger partial charge in [-0.15, -0.1) is 0 Å². The van der Waals surface area contributed by atoms with Gasteiger partial charge in [-0.3, -0.25) is 9.78 Å². The van der Waals surface area contributed by atoms with Crippen LogP contribution in [0.15, 0.2) is 97.7 Å². The van der Waals surface area contributed by atoms with Gasteiger partial charge in [-0.05, 0) is 73.2 Å². The third-order valence-electron chi connectivity index (χ3n) is 5.80. The lowest BCUT2D eigenvalue weighted by molar-refractivity contribution is -0.137. The first-order valence-electron chi connectivity index (χ1n) is 11.5. The fraction of sp³-hybridized carbons (Fsp3) is 0.0714. The number of hydrogen-bond acceptors (Lipinski definition) is 5. The standard InChI is InChI=1S/C28H21F3N6O/c1-18-6-7-19(15-24(18)36-27-33-12-10-23(35-27)20-5-4-11-32-17-20)26(38)34-21-8-9-25(37-13-2-3-14-37)22(16-21)28(29,30)31/h2-17H,1H3,(H,34,38)(H,33,35,36). The van der Waals surface area contributed by atoms with Gasteiger partial charge in [0, 0.05) is 53.5 Å². The van der Waals surface area contributed by atoms with Crippen molar-refractivity contribution in [3.63, 3.8) is 0 Å². The maximum Gasteiger partial charge on any atom is 0.418 e. The van der Waals surface area contributed by atoms with Crippen molar-refractivity contribution in [2.75, 3.05) is 10.6 Å². The molecule has 0 saturated carbocycles. The molecule has 0 aliphatic carbocycles. The molecular weight excluding hydrogens is 493 g/mol. The molecule has 38 heavy (non-hydrogen) atoms. The molecule has 0 aliphatic heterocycles. The maximum atomic E-state index is 13.8. The highest BCUT2D eigenvalue weighted by Gasteiger charge is 2.34. The number of aryl methyl sites for hydroxylation is 1. The topological polar surface area (TPSA) is 84.7 Å². The molecule has 0 unspecified atom stereocenters. The minimum atomic E-state index is -4.61. The molecular formula is C28H21F3N6O. The number of alkyl halides is 3. The van der Waals surface area contributed by atoms with Crippen molar-refractivity contribution < 1.29 is 18.0 Å². The number of anilines is 3. The van der Waals surface area contributed by atoms with Crippen LogP contribution in [-0.2, 0) is 6.18 Å². The largest absolute Gasteiger partial charge is 0.418 e. The van der Waals surface area contributed by atoms with Crippen molar-refractivity contribution in [1.29, 1.82) is 0 Å². The number of hydrogen-bond donors (Lipinski definition) is 2. The van der Waals surface area contributed by atoms with E-state index in [0.29, 0.717) is 17.3 Å². The number of nitrogens with one attached hydrogen (secondary N) is 2. The smallest absolute Gasteiger partial charge is 0.324 e. The minimum Gasteiger partial charge on any atom is -0.324 e. The van der Waals surface area contributed by atoms with Crippen LogP contribution in [0, 0.1) is 6.92 Å². The van der Waals surface area contributed by atoms with Crippen molar-refractivity contribution in [1.82, 2.24) is 19.5 Å². The van der Waals surface area contributed by atoms with Crippen molar-refractivity contribution in [3.8, 4) is 16.9 Å². The Balaban J connectivity index is 1.38. The average Bonchev–Trinajstić information content (AvgIpc) is 3.45. The Hall–Kier alpha value is -4.99. The van der Waals surface area contributed by atoms with E-state index in [2.05, 4.69) is 25.6 Å². The highest BCUT2D eigenvalue weighted by Crippen LogP contribution is 2.36. The Morgan fingerprint density at radius 3 is 2.50 bits per heavy atom. The van der Waals surface area contributed by atoms with Crippen molar-refractivity contribution >= 4 is 23.2 Å². The molecule has 1 amide bonds. The number of pyridine rings is 1. The third kappa shape index (κ3) is 5.39. The summed E-state index contributed by atoms with van der Waals surface area (Å²) in [4.78, 5) is 25.8. The molecule has 0 spiro atoms. The van der Waals surface area contributed by atoms with E-state index >= 15 is 0 Å². The van der Waals surface area contributed by atoms with Crippen LogP contribution in [0.3, 0.4) is 0 Å². The minimum absolute atomic E-state index is 0.0285. The lowest BCUT2D eigenvalue weighted by atomic mass is 10.1. The zero-order chi connectivity index (χ0) is 26.7. The fourth-order valence-corrected chi connectivity index (χ4v) is 3.88. The summed E-state index contributed by atoms with van der Waals surface area (Å²) in [6.45, 7) is 1.85. The molecule has 7 nitrogen and oxygen atoms in total. The van der Waals surface area contributed by atoms with E-state index in [1.54, 1.807) is 55.0 Å². The molecule has 5 rings (SSSR count). The molecule has 0 aliphatic rings. The first kappa shape index (κ1) is 24.7. The highest BCUT2D eigenvalue weighted by molar-refractivity contribution is 6.05. The lowest BCUT2D eigenvalue weighted by Gasteiger charge is -2.16. The van der Waals surface area contributed by atoms with Gasteiger partial charge in [0.25, 0.3) is 5.91 Å². The Morgan fingerprint density at radius 2 is 1.76 bits per heavy atom. The Kier molecular flexibility index (Phi) is 6.61. The molecule has 190 valence electrons. The zero-order valence-corrected chi connectivity index (χ0v) is 20.1. The van der Waals surface area contributed by atoms with Crippen LogP contribution < -0.4 is 10.6 Å². The van der Waals surface area contributed by atoms with Gasteiger partial charge in [0.15, 0.2) is 0 Å². The second-order valence-electron chi connectivity index (χ2n) is 8.44. The summed E-state index contributed by atoms with van der Waals surface area (Å²) in [5.74, 6) is -0.234. The monoisotopic (exact) mass is 514 g/mol. The molecule has 3 aromatic heterocycles. The van der Waals surface area contributed by atoms with Crippen LogP contribution in [-0.4, -0.2) is 25.4 Å². The number of aromatic nitrogens is 4. The summed E-state index contributed by atoms with van der Waals surface area (Å²) >= 11 is 0. The van der Waals surface area contributed by atoms with E-state index < -0.39 is 17.6 Å². The molecule has 0 atom stereocenters. The summed E-state index contributed by atoms with van der Waals surface area (Å²) < 4.78 is 42.7. The highest BCUT2D eigenvalue weighted by atomic mass is 19.4. The number of amides is 1. The predicted octanol–water partition coefficient (Wildman–Crippen LogP) is 6.65. The van der Waals surface area contributed by atoms with Gasteiger partial charge in [0.05, 0.1) is 16.9 Å². The average molecular weight is 515 g/mol. The Morgan fingerprint density at radius 1 is 0.947 bits per heavy atom. The van der Waals surface area contributed by atoms with Gasteiger partial charge < -0.3 is 15.2 Å². The second kappa shape index (κ2) is 10.2. The van der Waals surface area contributed by atoms with Gasteiger partial charge in [0.2, 0.25) is 5.95 Å². The SMILES string of the molecule is Cc1ccc(C(=O)Nc2ccc(-n3cccc3)c(C(F)(F)F)c2)cc1Nc1nccc(-c2cccnc2)n1. The first-order chi connectivity index (χ1) is 18.3. The fourth-order valence-electron chi connectivity index (χ4n) is 3.88. The number of nitrogens with zero attached hydrogens (tertiary/aromatic N) is 4. The number of carbonyl (C=O) groups excluding carboxylic acids is 1. The molecule has 5 aromatic rings. The summed E-state index contributed by atoms with van der Waals surface area (Å²) in [7, 11) is 0. The molecule has 0 radical (unpaired) electrons. The predicted molar refractivity (Wildman–Crippen MR) is 138 cm³/mol. The summed E-state index contributed by atoms with van der Waals surface area (Å²) in [5.41, 5.74) is 2.30. The van der Waals surface area contributed by atoms with Gasteiger partial charge in [-0.25, -0.2) is 9.97 Å². The van der Waals surface area contributed by atoms with E-state index in [1.807, 2.05) is 19.1 Å². The molecule has 0 bridgehead atoms. The van der Waals surface area contributed by atoms with Gasteiger partial charge >= 0.3 is 6.18 Å². The first-order valence-corrected chi connectivity index (χ1v) is 11.5. The summed E-state index contributed by atoms with van der Waals surface area (Å²) in [5, 5.41) is 5.69. The van der Waals surface area contributed by atoms with E-state index in [9.17, 15) is 18.0 Å². The quantitative estimate of drug-likeness (QED) is 0.265. The van der Waals surface area contributed by atoms with E-state index in [0.717, 1.165) is 17.2 Å². The van der Waals surface area contributed by atoms with Crippen LogP contribution in [0.4, 0.5) is 30.5 Å². The molecule has 2 N–H and O–H groups in total. The van der Waals surface area contributed by atoms with E-state index in [-0.39, 0.29) is 16.9 Å². The van der Waals surface area contributed by atoms with Gasteiger partial charge in [0.1, 0.15) is 0 Å². The molecule has 3 heterocycles. The van der Waals surface area contributed by atoms with E-state index in [4.69, 9.17) is 0 Å². The zero-order valence-electron chi connectivity index (χ0n) is 20.1. The normalized spacial score (nSPS) is 11.3. The van der Waals surface area contributed by atoms with Crippen molar-refractivity contribution in [2.24, 2.45) is 0 Å². The summed E-state index contributed by atoms with van der Waals surface area (Å²) in [6.07, 6.45) is 3.42. The van der Waals surface area contributed by atoms with Crippen LogP contribution in [0.1, 0.15) is 21.5 Å². The van der Waals surface area contributed by atoms with Crippen LogP contribution in [0.5, 0.6) is 0 Å². The number of benzene rings is 2. The second-order valence-corrected chi connectivity index (χ2v) is 8.44. The lowest BCUT2D eigenvalue weighted by Crippen LogP contribution is -2.15. The number of rotatable bonds is 6. The van der Waals surface area contributed by atoms with Crippen LogP contribution in [0.25, 0.3) is 16.9 Å². The van der Waals surface area contributed by atoms with Crippen LogP contribution in [0.2, 0.25) is 0 Å². The molecule has 10 heteroatoms. The maximum absolute atomic E-state index is 13.8. The molecule has 0 saturated heterocycles. The number of carbonyl (C=O) groups is 1. The molecule has 0 fully saturated rings. The van der Waals surface area contributed by atoms with Crippen molar-refractivity contribution in [3.05, 3.63) is 114 Å².